The zero-order valence-corrected chi connectivity index (χ0v) is 13.0. The lowest BCUT2D eigenvalue weighted by Crippen LogP contribution is -2.32. The zero-order valence-electron chi connectivity index (χ0n) is 11.4. The highest BCUT2D eigenvalue weighted by atomic mass is 79.9. The van der Waals surface area contributed by atoms with Gasteiger partial charge in [-0.3, -0.25) is 0 Å². The van der Waals surface area contributed by atoms with Crippen molar-refractivity contribution in [1.29, 1.82) is 0 Å². The van der Waals surface area contributed by atoms with Gasteiger partial charge in [0.05, 0.1) is 5.56 Å². The molecule has 3 heteroatoms. The van der Waals surface area contributed by atoms with Crippen LogP contribution < -0.4 is 0 Å². The smallest absolute Gasteiger partial charge is 0.338 e. The highest BCUT2D eigenvalue weighted by molar-refractivity contribution is 9.10. The van der Waals surface area contributed by atoms with Crippen molar-refractivity contribution in [3.8, 4) is 0 Å². The van der Waals surface area contributed by atoms with E-state index in [2.05, 4.69) is 15.9 Å². The molecule has 2 nitrogen and oxygen atoms in total. The molecule has 0 heterocycles. The minimum Gasteiger partial charge on any atom is -0.458 e. The molecule has 0 saturated heterocycles. The Bertz CT molecular complexity index is 524. The zero-order chi connectivity index (χ0) is 13.7. The van der Waals surface area contributed by atoms with Crippen LogP contribution in [0.3, 0.4) is 0 Å². The fourth-order valence-electron chi connectivity index (χ4n) is 4.93. The fourth-order valence-corrected chi connectivity index (χ4v) is 5.20. The first-order valence-corrected chi connectivity index (χ1v) is 8.48. The van der Waals surface area contributed by atoms with Crippen LogP contribution in [0.4, 0.5) is 0 Å². The number of hydrogen-bond donors (Lipinski definition) is 0. The van der Waals surface area contributed by atoms with Crippen LogP contribution in [-0.4, -0.2) is 12.1 Å². The Labute approximate surface area is 128 Å². The third kappa shape index (κ3) is 2.02. The van der Waals surface area contributed by atoms with Crippen LogP contribution in [0, 0.1) is 23.7 Å². The van der Waals surface area contributed by atoms with E-state index in [1.165, 1.54) is 25.7 Å². The van der Waals surface area contributed by atoms with E-state index < -0.39 is 0 Å². The summed E-state index contributed by atoms with van der Waals surface area (Å²) in [6.45, 7) is 0. The first kappa shape index (κ1) is 12.9. The number of carbonyl (C=O) groups excluding carboxylic acids is 1. The van der Waals surface area contributed by atoms with Gasteiger partial charge in [0, 0.05) is 4.47 Å². The van der Waals surface area contributed by atoms with Crippen molar-refractivity contribution in [1.82, 2.24) is 0 Å². The molecule has 0 aromatic heterocycles. The summed E-state index contributed by atoms with van der Waals surface area (Å²) < 4.78 is 6.81. The SMILES string of the molecule is O=C(OC1CC2CC1C1CCCC21)c1ccc(Br)cc1. The molecule has 0 aliphatic heterocycles. The van der Waals surface area contributed by atoms with Gasteiger partial charge in [-0.2, -0.15) is 0 Å². The molecule has 3 saturated carbocycles. The molecule has 2 bridgehead atoms. The Hall–Kier alpha value is -0.830. The first-order chi connectivity index (χ1) is 9.72. The van der Waals surface area contributed by atoms with Gasteiger partial charge in [0.25, 0.3) is 0 Å². The van der Waals surface area contributed by atoms with E-state index in [0.717, 1.165) is 28.6 Å². The average molecular weight is 335 g/mol. The summed E-state index contributed by atoms with van der Waals surface area (Å²) >= 11 is 3.39. The summed E-state index contributed by atoms with van der Waals surface area (Å²) in [4.78, 5) is 12.2. The van der Waals surface area contributed by atoms with E-state index in [0.29, 0.717) is 11.5 Å². The molecule has 3 aliphatic rings. The van der Waals surface area contributed by atoms with Gasteiger partial charge in [0.1, 0.15) is 6.10 Å². The van der Waals surface area contributed by atoms with Crippen LogP contribution >= 0.6 is 15.9 Å². The third-order valence-electron chi connectivity index (χ3n) is 5.71. The lowest BCUT2D eigenvalue weighted by Gasteiger charge is -2.31. The predicted octanol–water partition coefficient (Wildman–Crippen LogP) is 4.43. The van der Waals surface area contributed by atoms with E-state index in [4.69, 9.17) is 4.74 Å². The topological polar surface area (TPSA) is 26.3 Å². The molecule has 0 spiro atoms. The second-order valence-corrected chi connectivity index (χ2v) is 7.52. The Balaban J connectivity index is 1.45. The number of carbonyl (C=O) groups is 1. The number of rotatable bonds is 2. The summed E-state index contributed by atoms with van der Waals surface area (Å²) in [5.41, 5.74) is 0.666. The second-order valence-electron chi connectivity index (χ2n) is 6.60. The molecule has 0 radical (unpaired) electrons. The standard InChI is InChI=1S/C17H19BrO2/c18-12-6-4-10(5-7-12)17(19)20-16-9-11-8-15(16)14-3-1-2-13(11)14/h4-7,11,13-16H,1-3,8-9H2. The number of ether oxygens (including phenoxy) is 1. The minimum atomic E-state index is -0.149. The average Bonchev–Trinajstić information content (AvgIpc) is 3.11. The van der Waals surface area contributed by atoms with Crippen LogP contribution in [0.5, 0.6) is 0 Å². The van der Waals surface area contributed by atoms with Gasteiger partial charge in [-0.05, 0) is 73.6 Å². The molecule has 1 aromatic carbocycles. The van der Waals surface area contributed by atoms with Gasteiger partial charge in [-0.25, -0.2) is 4.79 Å². The fraction of sp³-hybridized carbons (Fsp3) is 0.588. The van der Waals surface area contributed by atoms with Gasteiger partial charge < -0.3 is 4.74 Å². The Morgan fingerprint density at radius 3 is 2.60 bits per heavy atom. The molecule has 5 atom stereocenters. The number of esters is 1. The summed E-state index contributed by atoms with van der Waals surface area (Å²) in [6, 6.07) is 7.45. The third-order valence-corrected chi connectivity index (χ3v) is 6.23. The predicted molar refractivity (Wildman–Crippen MR) is 80.4 cm³/mol. The number of halogens is 1. The van der Waals surface area contributed by atoms with E-state index >= 15 is 0 Å². The second kappa shape index (κ2) is 4.87. The molecular formula is C17H19BrO2. The van der Waals surface area contributed by atoms with Crippen molar-refractivity contribution < 1.29 is 9.53 Å². The van der Waals surface area contributed by atoms with Gasteiger partial charge >= 0.3 is 5.97 Å². The maximum absolute atomic E-state index is 12.2. The van der Waals surface area contributed by atoms with E-state index in [-0.39, 0.29) is 12.1 Å². The minimum absolute atomic E-state index is 0.149. The largest absolute Gasteiger partial charge is 0.458 e. The van der Waals surface area contributed by atoms with Crippen LogP contribution in [0.1, 0.15) is 42.5 Å². The molecule has 3 aliphatic carbocycles. The maximum atomic E-state index is 12.2. The molecule has 106 valence electrons. The number of fused-ring (bicyclic) bond motifs is 5. The highest BCUT2D eigenvalue weighted by Gasteiger charge is 2.55. The van der Waals surface area contributed by atoms with Crippen molar-refractivity contribution >= 4 is 21.9 Å². The summed E-state index contributed by atoms with van der Waals surface area (Å²) in [5, 5.41) is 0. The van der Waals surface area contributed by atoms with Gasteiger partial charge in [0.15, 0.2) is 0 Å². The van der Waals surface area contributed by atoms with Gasteiger partial charge in [-0.15, -0.1) is 0 Å². The van der Waals surface area contributed by atoms with Crippen molar-refractivity contribution in [2.24, 2.45) is 23.7 Å². The number of benzene rings is 1. The molecule has 0 N–H and O–H groups in total. The summed E-state index contributed by atoms with van der Waals surface area (Å²) in [7, 11) is 0. The monoisotopic (exact) mass is 334 g/mol. The molecule has 5 unspecified atom stereocenters. The Morgan fingerprint density at radius 1 is 1.05 bits per heavy atom. The van der Waals surface area contributed by atoms with Crippen molar-refractivity contribution in [2.45, 2.75) is 38.2 Å². The van der Waals surface area contributed by atoms with Crippen LogP contribution in [0.2, 0.25) is 0 Å². The quantitative estimate of drug-likeness (QED) is 0.748. The number of hydrogen-bond acceptors (Lipinski definition) is 2. The van der Waals surface area contributed by atoms with Crippen LogP contribution in [0.25, 0.3) is 0 Å². The molecule has 3 fully saturated rings. The molecule has 1 aromatic rings. The Kier molecular flexibility index (Phi) is 3.13. The lowest BCUT2D eigenvalue weighted by atomic mass is 9.80. The summed E-state index contributed by atoms with van der Waals surface area (Å²) in [5.74, 6) is 3.12. The Morgan fingerprint density at radius 2 is 1.80 bits per heavy atom. The maximum Gasteiger partial charge on any atom is 0.338 e. The van der Waals surface area contributed by atoms with Crippen LogP contribution in [0.15, 0.2) is 28.7 Å². The van der Waals surface area contributed by atoms with Crippen molar-refractivity contribution in [3.63, 3.8) is 0 Å². The molecule has 20 heavy (non-hydrogen) atoms. The van der Waals surface area contributed by atoms with Gasteiger partial charge in [-0.1, -0.05) is 22.4 Å². The van der Waals surface area contributed by atoms with E-state index in [9.17, 15) is 4.79 Å². The first-order valence-electron chi connectivity index (χ1n) is 7.69. The lowest BCUT2D eigenvalue weighted by molar-refractivity contribution is 0.00143. The highest BCUT2D eigenvalue weighted by Crippen LogP contribution is 2.59. The molecular weight excluding hydrogens is 316 g/mol. The molecule has 0 amide bonds. The van der Waals surface area contributed by atoms with Crippen molar-refractivity contribution in [3.05, 3.63) is 34.3 Å². The van der Waals surface area contributed by atoms with E-state index in [1.807, 2.05) is 24.3 Å². The summed E-state index contributed by atoms with van der Waals surface area (Å²) in [6.07, 6.45) is 6.74. The van der Waals surface area contributed by atoms with Crippen LogP contribution in [-0.2, 0) is 4.74 Å². The molecule has 4 rings (SSSR count). The van der Waals surface area contributed by atoms with Crippen molar-refractivity contribution in [2.75, 3.05) is 0 Å². The normalized spacial score (nSPS) is 38.0. The van der Waals surface area contributed by atoms with E-state index in [1.54, 1.807) is 0 Å². The van der Waals surface area contributed by atoms with Gasteiger partial charge in [0.2, 0.25) is 0 Å².